The molecule has 0 unspecified atom stereocenters. The average molecular weight is 365 g/mol. The van der Waals surface area contributed by atoms with Crippen molar-refractivity contribution in [3.05, 3.63) is 69.8 Å². The Labute approximate surface area is 155 Å². The number of hydrogen-bond donors (Lipinski definition) is 0. The molecule has 1 amide bonds. The fourth-order valence-corrected chi connectivity index (χ4v) is 3.09. The van der Waals surface area contributed by atoms with E-state index in [1.807, 2.05) is 38.1 Å². The van der Waals surface area contributed by atoms with Crippen molar-refractivity contribution in [3.63, 3.8) is 0 Å². The van der Waals surface area contributed by atoms with Gasteiger partial charge in [0.05, 0.1) is 0 Å². The van der Waals surface area contributed by atoms with Gasteiger partial charge in [-0.05, 0) is 43.2 Å². The van der Waals surface area contributed by atoms with Gasteiger partial charge in [0.2, 0.25) is 6.79 Å². The Morgan fingerprint density at radius 1 is 1.22 bits per heavy atom. The number of nitrogens with zero attached hydrogens (tertiary/aromatic N) is 3. The van der Waals surface area contributed by atoms with Crippen LogP contribution in [0.2, 0.25) is 0 Å². The van der Waals surface area contributed by atoms with Crippen molar-refractivity contribution in [1.29, 1.82) is 0 Å². The number of fused-ring (bicyclic) bond motifs is 2. The summed E-state index contributed by atoms with van der Waals surface area (Å²) in [5, 5.41) is 0. The maximum Gasteiger partial charge on any atom is 0.270 e. The second-order valence-electron chi connectivity index (χ2n) is 6.42. The molecule has 0 N–H and O–H groups in total. The lowest BCUT2D eigenvalue weighted by Crippen LogP contribution is -2.35. The maximum absolute atomic E-state index is 13.0. The first-order chi connectivity index (χ1) is 13.1. The van der Waals surface area contributed by atoms with E-state index in [0.717, 1.165) is 11.1 Å². The van der Waals surface area contributed by atoms with Gasteiger partial charge in [-0.15, -0.1) is 0 Å². The normalized spacial score (nSPS) is 12.4. The molecule has 4 rings (SSSR count). The van der Waals surface area contributed by atoms with Crippen LogP contribution in [0.25, 0.3) is 5.65 Å². The van der Waals surface area contributed by atoms with Crippen molar-refractivity contribution < 1.29 is 14.3 Å². The summed E-state index contributed by atoms with van der Waals surface area (Å²) in [7, 11) is 0. The molecule has 1 aliphatic rings. The van der Waals surface area contributed by atoms with Crippen LogP contribution in [0.4, 0.5) is 0 Å². The molecular formula is C20H19N3O4. The molecule has 27 heavy (non-hydrogen) atoms. The molecule has 7 nitrogen and oxygen atoms in total. The van der Waals surface area contributed by atoms with Crippen LogP contribution in [-0.4, -0.2) is 33.5 Å². The Balaban J connectivity index is 1.65. The van der Waals surface area contributed by atoms with E-state index in [1.54, 1.807) is 17.2 Å². The van der Waals surface area contributed by atoms with Crippen LogP contribution in [0.3, 0.4) is 0 Å². The van der Waals surface area contributed by atoms with E-state index in [9.17, 15) is 9.59 Å². The minimum atomic E-state index is -0.363. The molecule has 0 fully saturated rings. The zero-order chi connectivity index (χ0) is 19.0. The van der Waals surface area contributed by atoms with Crippen LogP contribution in [0, 0.1) is 6.92 Å². The smallest absolute Gasteiger partial charge is 0.270 e. The number of aromatic nitrogens is 2. The summed E-state index contributed by atoms with van der Waals surface area (Å²) < 4.78 is 12.1. The van der Waals surface area contributed by atoms with E-state index < -0.39 is 0 Å². The molecule has 0 aliphatic carbocycles. The maximum atomic E-state index is 13.0. The molecule has 0 radical (unpaired) electrons. The van der Waals surface area contributed by atoms with E-state index in [-0.39, 0.29) is 23.8 Å². The first-order valence-electron chi connectivity index (χ1n) is 8.72. The lowest BCUT2D eigenvalue weighted by molar-refractivity contribution is 0.0750. The van der Waals surface area contributed by atoms with Crippen molar-refractivity contribution in [2.24, 2.45) is 0 Å². The number of amides is 1. The Hall–Kier alpha value is -3.35. The van der Waals surface area contributed by atoms with Crippen LogP contribution in [0.5, 0.6) is 11.5 Å². The number of carbonyl (C=O) groups is 1. The summed E-state index contributed by atoms with van der Waals surface area (Å²) in [5.74, 6) is 1.02. The summed E-state index contributed by atoms with van der Waals surface area (Å²) in [6.45, 7) is 4.79. The van der Waals surface area contributed by atoms with E-state index in [2.05, 4.69) is 4.98 Å². The second kappa shape index (κ2) is 6.75. The Kier molecular flexibility index (Phi) is 4.27. The van der Waals surface area contributed by atoms with Crippen molar-refractivity contribution in [2.45, 2.75) is 20.4 Å². The van der Waals surface area contributed by atoms with Gasteiger partial charge in [0.25, 0.3) is 11.5 Å². The van der Waals surface area contributed by atoms with Crippen molar-refractivity contribution in [1.82, 2.24) is 14.3 Å². The topological polar surface area (TPSA) is 73.1 Å². The Bertz CT molecular complexity index is 1090. The summed E-state index contributed by atoms with van der Waals surface area (Å²) in [5.41, 5.74) is 2.03. The lowest BCUT2D eigenvalue weighted by Gasteiger charge is -2.21. The molecule has 138 valence electrons. The molecule has 1 aromatic carbocycles. The predicted octanol–water partition coefficient (Wildman–Crippen LogP) is 2.39. The van der Waals surface area contributed by atoms with Gasteiger partial charge in [0.15, 0.2) is 11.5 Å². The number of aryl methyl sites for hydroxylation is 1. The van der Waals surface area contributed by atoms with Gasteiger partial charge in [-0.25, -0.2) is 4.98 Å². The zero-order valence-corrected chi connectivity index (χ0v) is 15.1. The lowest BCUT2D eigenvalue weighted by atomic mass is 10.1. The largest absolute Gasteiger partial charge is 0.454 e. The van der Waals surface area contributed by atoms with Gasteiger partial charge in [0, 0.05) is 25.5 Å². The van der Waals surface area contributed by atoms with E-state index in [1.165, 1.54) is 10.6 Å². The number of rotatable bonds is 4. The van der Waals surface area contributed by atoms with Gasteiger partial charge in [-0.2, -0.15) is 0 Å². The first-order valence-corrected chi connectivity index (χ1v) is 8.72. The molecule has 0 saturated heterocycles. The molecular weight excluding hydrogens is 346 g/mol. The van der Waals surface area contributed by atoms with Crippen LogP contribution < -0.4 is 15.0 Å². The number of benzene rings is 1. The summed E-state index contributed by atoms with van der Waals surface area (Å²) in [4.78, 5) is 31.6. The van der Waals surface area contributed by atoms with Gasteiger partial charge >= 0.3 is 0 Å². The minimum Gasteiger partial charge on any atom is -0.454 e. The van der Waals surface area contributed by atoms with Crippen molar-refractivity contribution in [2.75, 3.05) is 13.3 Å². The van der Waals surface area contributed by atoms with E-state index in [4.69, 9.17) is 9.47 Å². The SMILES string of the molecule is CCN(Cc1ccc2c(c1)OCO2)C(=O)c1cnc2ccc(C)cn2c1=O. The molecule has 7 heteroatoms. The van der Waals surface area contributed by atoms with Crippen LogP contribution in [-0.2, 0) is 6.54 Å². The van der Waals surface area contributed by atoms with Gasteiger partial charge in [-0.1, -0.05) is 12.1 Å². The van der Waals surface area contributed by atoms with Crippen LogP contribution in [0.1, 0.15) is 28.4 Å². The molecule has 1 aliphatic heterocycles. The third kappa shape index (κ3) is 3.12. The summed E-state index contributed by atoms with van der Waals surface area (Å²) in [6, 6.07) is 9.20. The number of ether oxygens (including phenoxy) is 2. The van der Waals surface area contributed by atoms with E-state index >= 15 is 0 Å². The Morgan fingerprint density at radius 3 is 2.85 bits per heavy atom. The van der Waals surface area contributed by atoms with Crippen LogP contribution >= 0.6 is 0 Å². The summed E-state index contributed by atoms with van der Waals surface area (Å²) >= 11 is 0. The second-order valence-corrected chi connectivity index (χ2v) is 6.42. The molecule has 0 spiro atoms. The fraction of sp³-hybridized carbons (Fsp3) is 0.250. The number of pyridine rings is 1. The van der Waals surface area contributed by atoms with Gasteiger partial charge < -0.3 is 14.4 Å². The average Bonchev–Trinajstić information content (AvgIpc) is 3.14. The third-order valence-electron chi connectivity index (χ3n) is 4.56. The standard InChI is InChI=1S/C20H19N3O4/c1-3-22(11-14-5-6-16-17(8-14)27-12-26-16)19(24)15-9-21-18-7-4-13(2)10-23(18)20(15)25/h4-10H,3,11-12H2,1-2H3. The number of hydrogen-bond acceptors (Lipinski definition) is 5. The van der Waals surface area contributed by atoms with Gasteiger partial charge in [0.1, 0.15) is 11.2 Å². The molecule has 0 bridgehead atoms. The predicted molar refractivity (Wildman–Crippen MR) is 99.2 cm³/mol. The number of carbonyl (C=O) groups excluding carboxylic acids is 1. The summed E-state index contributed by atoms with van der Waals surface area (Å²) in [6.07, 6.45) is 3.05. The molecule has 0 atom stereocenters. The highest BCUT2D eigenvalue weighted by atomic mass is 16.7. The van der Waals surface area contributed by atoms with Crippen LogP contribution in [0.15, 0.2) is 47.5 Å². The highest BCUT2D eigenvalue weighted by Gasteiger charge is 2.21. The molecule has 0 saturated carbocycles. The monoisotopic (exact) mass is 365 g/mol. The molecule has 3 aromatic rings. The highest BCUT2D eigenvalue weighted by Crippen LogP contribution is 2.32. The minimum absolute atomic E-state index is 0.0562. The quantitative estimate of drug-likeness (QED) is 0.710. The zero-order valence-electron chi connectivity index (χ0n) is 15.1. The highest BCUT2D eigenvalue weighted by molar-refractivity contribution is 5.93. The third-order valence-corrected chi connectivity index (χ3v) is 4.56. The van der Waals surface area contributed by atoms with Crippen molar-refractivity contribution >= 4 is 11.6 Å². The van der Waals surface area contributed by atoms with E-state index in [0.29, 0.717) is 30.2 Å². The molecule has 3 heterocycles. The van der Waals surface area contributed by atoms with Gasteiger partial charge in [-0.3, -0.25) is 14.0 Å². The Morgan fingerprint density at radius 2 is 2.04 bits per heavy atom. The molecule has 2 aromatic heterocycles. The fourth-order valence-electron chi connectivity index (χ4n) is 3.09. The first kappa shape index (κ1) is 17.1. The van der Waals surface area contributed by atoms with Crippen molar-refractivity contribution in [3.8, 4) is 11.5 Å².